The molecule has 1 saturated heterocycles. The highest BCUT2D eigenvalue weighted by molar-refractivity contribution is 4.88. The standard InChI is InChI=1S/C14H26N4O/c1-12(2)9-18-14(15-11-16-18)10-17-7-4-3-5-13(17)6-8-19/h11-13,19H,3-10H2,1-2H3. The Hall–Kier alpha value is -0.940. The van der Waals surface area contributed by atoms with E-state index in [2.05, 4.69) is 28.8 Å². The predicted octanol–water partition coefficient (Wildman–Crippen LogP) is 1.67. The molecule has 108 valence electrons. The van der Waals surface area contributed by atoms with Gasteiger partial charge in [0, 0.05) is 19.2 Å². The summed E-state index contributed by atoms with van der Waals surface area (Å²) in [6.07, 6.45) is 6.25. The van der Waals surface area contributed by atoms with Gasteiger partial charge in [0.2, 0.25) is 0 Å². The van der Waals surface area contributed by atoms with Crippen molar-refractivity contribution in [2.75, 3.05) is 13.2 Å². The van der Waals surface area contributed by atoms with Gasteiger partial charge in [0.15, 0.2) is 0 Å². The summed E-state index contributed by atoms with van der Waals surface area (Å²) in [5, 5.41) is 13.5. The topological polar surface area (TPSA) is 54.2 Å². The van der Waals surface area contributed by atoms with Crippen LogP contribution in [0.4, 0.5) is 0 Å². The van der Waals surface area contributed by atoms with Crippen molar-refractivity contribution in [2.24, 2.45) is 5.92 Å². The van der Waals surface area contributed by atoms with Crippen LogP contribution in [0.2, 0.25) is 0 Å². The summed E-state index contributed by atoms with van der Waals surface area (Å²) in [6, 6.07) is 0.503. The molecule has 5 heteroatoms. The third-order valence-electron chi connectivity index (χ3n) is 3.79. The Kier molecular flexibility index (Phi) is 5.34. The van der Waals surface area contributed by atoms with Crippen LogP contribution in [-0.4, -0.2) is 44.0 Å². The smallest absolute Gasteiger partial charge is 0.141 e. The van der Waals surface area contributed by atoms with Crippen LogP contribution in [0.1, 0.15) is 45.4 Å². The molecule has 1 unspecified atom stereocenters. The monoisotopic (exact) mass is 266 g/mol. The molecule has 1 N–H and O–H groups in total. The molecule has 0 saturated carbocycles. The van der Waals surface area contributed by atoms with Crippen molar-refractivity contribution in [1.29, 1.82) is 0 Å². The van der Waals surface area contributed by atoms with E-state index in [1.807, 2.05) is 4.68 Å². The first kappa shape index (κ1) is 14.5. The van der Waals surface area contributed by atoms with E-state index in [9.17, 15) is 5.11 Å². The summed E-state index contributed by atoms with van der Waals surface area (Å²) in [5.74, 6) is 1.63. The Morgan fingerprint density at radius 3 is 3.00 bits per heavy atom. The first-order chi connectivity index (χ1) is 9.20. The Morgan fingerprint density at radius 2 is 2.26 bits per heavy atom. The molecule has 1 atom stereocenters. The van der Waals surface area contributed by atoms with Gasteiger partial charge in [-0.15, -0.1) is 0 Å². The van der Waals surface area contributed by atoms with Crippen LogP contribution in [0.5, 0.6) is 0 Å². The number of nitrogens with zero attached hydrogens (tertiary/aromatic N) is 4. The number of aliphatic hydroxyl groups is 1. The molecule has 1 aliphatic rings. The largest absolute Gasteiger partial charge is 0.396 e. The zero-order chi connectivity index (χ0) is 13.7. The maximum atomic E-state index is 9.18. The zero-order valence-electron chi connectivity index (χ0n) is 12.1. The van der Waals surface area contributed by atoms with Gasteiger partial charge in [0.25, 0.3) is 0 Å². The molecular weight excluding hydrogens is 240 g/mol. The number of rotatable bonds is 6. The number of piperidine rings is 1. The molecule has 1 fully saturated rings. The lowest BCUT2D eigenvalue weighted by atomic mass is 10.00. The molecule has 0 amide bonds. The normalized spacial score (nSPS) is 21.2. The van der Waals surface area contributed by atoms with Gasteiger partial charge in [-0.2, -0.15) is 5.10 Å². The molecule has 1 aliphatic heterocycles. The average molecular weight is 266 g/mol. The van der Waals surface area contributed by atoms with Crippen LogP contribution in [0.3, 0.4) is 0 Å². The van der Waals surface area contributed by atoms with E-state index in [1.54, 1.807) is 6.33 Å². The summed E-state index contributed by atoms with van der Waals surface area (Å²) >= 11 is 0. The van der Waals surface area contributed by atoms with Crippen LogP contribution in [0.25, 0.3) is 0 Å². The fourth-order valence-electron chi connectivity index (χ4n) is 2.83. The van der Waals surface area contributed by atoms with Crippen molar-refractivity contribution in [3.8, 4) is 0 Å². The highest BCUT2D eigenvalue weighted by atomic mass is 16.3. The average Bonchev–Trinajstić information content (AvgIpc) is 2.79. The number of hydrogen-bond donors (Lipinski definition) is 1. The molecular formula is C14H26N4O. The number of aromatic nitrogens is 3. The lowest BCUT2D eigenvalue weighted by Gasteiger charge is -2.35. The van der Waals surface area contributed by atoms with E-state index < -0.39 is 0 Å². The van der Waals surface area contributed by atoms with E-state index in [0.717, 1.165) is 31.9 Å². The van der Waals surface area contributed by atoms with Crippen molar-refractivity contribution in [3.63, 3.8) is 0 Å². The molecule has 1 aromatic heterocycles. The third-order valence-corrected chi connectivity index (χ3v) is 3.79. The molecule has 2 heterocycles. The SMILES string of the molecule is CC(C)Cn1ncnc1CN1CCCCC1CCO. The minimum Gasteiger partial charge on any atom is -0.396 e. The van der Waals surface area contributed by atoms with E-state index in [0.29, 0.717) is 12.0 Å². The Morgan fingerprint density at radius 1 is 1.42 bits per heavy atom. The van der Waals surface area contributed by atoms with Crippen LogP contribution < -0.4 is 0 Å². The molecule has 0 spiro atoms. The fourth-order valence-corrected chi connectivity index (χ4v) is 2.83. The van der Waals surface area contributed by atoms with Crippen molar-refractivity contribution < 1.29 is 5.11 Å². The Bertz CT molecular complexity index is 375. The Balaban J connectivity index is 2.00. The lowest BCUT2D eigenvalue weighted by molar-refractivity contribution is 0.108. The van der Waals surface area contributed by atoms with Crippen LogP contribution in [0, 0.1) is 5.92 Å². The lowest BCUT2D eigenvalue weighted by Crippen LogP contribution is -2.40. The molecule has 0 bridgehead atoms. The molecule has 5 nitrogen and oxygen atoms in total. The van der Waals surface area contributed by atoms with Gasteiger partial charge in [0.05, 0.1) is 6.54 Å². The minimum absolute atomic E-state index is 0.278. The second kappa shape index (κ2) is 7.01. The summed E-state index contributed by atoms with van der Waals surface area (Å²) < 4.78 is 2.02. The van der Waals surface area contributed by atoms with Crippen LogP contribution in [-0.2, 0) is 13.1 Å². The van der Waals surface area contributed by atoms with Gasteiger partial charge in [-0.1, -0.05) is 20.3 Å². The van der Waals surface area contributed by atoms with E-state index >= 15 is 0 Å². The first-order valence-electron chi connectivity index (χ1n) is 7.42. The third kappa shape index (κ3) is 4.01. The quantitative estimate of drug-likeness (QED) is 0.851. The number of aliphatic hydroxyl groups excluding tert-OH is 1. The van der Waals surface area contributed by atoms with Gasteiger partial charge in [-0.05, 0) is 31.7 Å². The summed E-state index contributed by atoms with van der Waals surface area (Å²) in [6.45, 7) is 7.56. The van der Waals surface area contributed by atoms with Gasteiger partial charge >= 0.3 is 0 Å². The first-order valence-corrected chi connectivity index (χ1v) is 7.42. The Labute approximate surface area is 115 Å². The van der Waals surface area contributed by atoms with Crippen molar-refractivity contribution >= 4 is 0 Å². The second-order valence-corrected chi connectivity index (χ2v) is 5.88. The fraction of sp³-hybridized carbons (Fsp3) is 0.857. The molecule has 19 heavy (non-hydrogen) atoms. The van der Waals surface area contributed by atoms with E-state index in [-0.39, 0.29) is 6.61 Å². The van der Waals surface area contributed by atoms with Crippen molar-refractivity contribution in [2.45, 2.75) is 58.7 Å². The van der Waals surface area contributed by atoms with E-state index in [1.165, 1.54) is 19.3 Å². The summed E-state index contributed by atoms with van der Waals surface area (Å²) in [4.78, 5) is 6.86. The molecule has 0 aliphatic carbocycles. The van der Waals surface area contributed by atoms with Crippen LogP contribution >= 0.6 is 0 Å². The molecule has 1 aromatic rings. The van der Waals surface area contributed by atoms with Crippen molar-refractivity contribution in [3.05, 3.63) is 12.2 Å². The molecule has 0 radical (unpaired) electrons. The molecule has 2 rings (SSSR count). The number of likely N-dealkylation sites (tertiary alicyclic amines) is 1. The van der Waals surface area contributed by atoms with Crippen molar-refractivity contribution in [1.82, 2.24) is 19.7 Å². The van der Waals surface area contributed by atoms with Gasteiger partial charge in [0.1, 0.15) is 12.2 Å². The van der Waals surface area contributed by atoms with Gasteiger partial charge in [-0.25, -0.2) is 9.67 Å². The highest BCUT2D eigenvalue weighted by Crippen LogP contribution is 2.21. The van der Waals surface area contributed by atoms with Crippen LogP contribution in [0.15, 0.2) is 6.33 Å². The summed E-state index contributed by atoms with van der Waals surface area (Å²) in [7, 11) is 0. The maximum absolute atomic E-state index is 9.18. The number of hydrogen-bond acceptors (Lipinski definition) is 4. The maximum Gasteiger partial charge on any atom is 0.141 e. The highest BCUT2D eigenvalue weighted by Gasteiger charge is 2.23. The van der Waals surface area contributed by atoms with Gasteiger partial charge in [-0.3, -0.25) is 4.90 Å². The second-order valence-electron chi connectivity index (χ2n) is 5.88. The zero-order valence-corrected chi connectivity index (χ0v) is 12.1. The van der Waals surface area contributed by atoms with E-state index in [4.69, 9.17) is 0 Å². The molecule has 0 aromatic carbocycles. The van der Waals surface area contributed by atoms with Gasteiger partial charge < -0.3 is 5.11 Å². The summed E-state index contributed by atoms with van der Waals surface area (Å²) in [5.41, 5.74) is 0. The minimum atomic E-state index is 0.278. The predicted molar refractivity (Wildman–Crippen MR) is 74.6 cm³/mol.